The smallest absolute Gasteiger partial charge is 0.339 e. The standard InChI is InChI=1S/C22H13Cl2NO5S/c1-29-21(27)16-10-12(2-8-17(16)24)18-9-7-15(30-18)11-19-20(26)25(22(28)31-19)14-5-3-13(23)4-6-14/h2-11H,1H3/b19-11-. The summed E-state index contributed by atoms with van der Waals surface area (Å²) in [4.78, 5) is 38.3. The number of thioether (sulfide) groups is 1. The fraction of sp³-hybridized carbons (Fsp3) is 0.0455. The van der Waals surface area contributed by atoms with Gasteiger partial charge in [0.25, 0.3) is 11.1 Å². The van der Waals surface area contributed by atoms with E-state index in [2.05, 4.69) is 0 Å². The number of methoxy groups -OCH3 is 1. The summed E-state index contributed by atoms with van der Waals surface area (Å²) in [6, 6.07) is 14.6. The third-order valence-corrected chi connectivity index (χ3v) is 5.89. The van der Waals surface area contributed by atoms with Crippen molar-refractivity contribution in [3.63, 3.8) is 0 Å². The summed E-state index contributed by atoms with van der Waals surface area (Å²) in [7, 11) is 1.27. The quantitative estimate of drug-likeness (QED) is 0.327. The van der Waals surface area contributed by atoms with E-state index in [0.29, 0.717) is 27.8 Å². The van der Waals surface area contributed by atoms with Crippen LogP contribution in [0.25, 0.3) is 17.4 Å². The Morgan fingerprint density at radius 1 is 1.06 bits per heavy atom. The molecular formula is C22H13Cl2NO5S. The summed E-state index contributed by atoms with van der Waals surface area (Å²) in [5, 5.41) is 0.357. The molecule has 0 aliphatic carbocycles. The lowest BCUT2D eigenvalue weighted by atomic mass is 10.1. The van der Waals surface area contributed by atoms with Crippen molar-refractivity contribution < 1.29 is 23.5 Å². The van der Waals surface area contributed by atoms with Gasteiger partial charge in [-0.25, -0.2) is 9.69 Å². The molecule has 0 spiro atoms. The van der Waals surface area contributed by atoms with E-state index < -0.39 is 17.1 Å². The van der Waals surface area contributed by atoms with Crippen LogP contribution < -0.4 is 4.90 Å². The highest BCUT2D eigenvalue weighted by molar-refractivity contribution is 8.19. The molecule has 9 heteroatoms. The molecule has 1 saturated heterocycles. The van der Waals surface area contributed by atoms with Crippen LogP contribution in [0.3, 0.4) is 0 Å². The topological polar surface area (TPSA) is 76.8 Å². The maximum absolute atomic E-state index is 12.7. The summed E-state index contributed by atoms with van der Waals surface area (Å²) in [6.45, 7) is 0. The molecule has 0 bridgehead atoms. The second kappa shape index (κ2) is 8.63. The molecule has 1 aliphatic heterocycles. The van der Waals surface area contributed by atoms with E-state index in [1.807, 2.05) is 0 Å². The Morgan fingerprint density at radius 2 is 1.81 bits per heavy atom. The SMILES string of the molecule is COC(=O)c1cc(-c2ccc(/C=C3\SC(=O)N(c4ccc(Cl)cc4)C3=O)o2)ccc1Cl. The maximum Gasteiger partial charge on any atom is 0.339 e. The summed E-state index contributed by atoms with van der Waals surface area (Å²) < 4.78 is 10.5. The number of rotatable bonds is 4. The van der Waals surface area contributed by atoms with E-state index >= 15 is 0 Å². The highest BCUT2D eigenvalue weighted by Crippen LogP contribution is 2.37. The Morgan fingerprint density at radius 3 is 2.52 bits per heavy atom. The largest absolute Gasteiger partial charge is 0.465 e. The molecular weight excluding hydrogens is 461 g/mol. The van der Waals surface area contributed by atoms with Crippen molar-refractivity contribution in [1.82, 2.24) is 0 Å². The molecule has 0 N–H and O–H groups in total. The number of ether oxygens (including phenoxy) is 1. The van der Waals surface area contributed by atoms with Crippen LogP contribution in [0.2, 0.25) is 10.0 Å². The average Bonchev–Trinajstić information content (AvgIpc) is 3.33. The lowest BCUT2D eigenvalue weighted by Gasteiger charge is -2.11. The predicted octanol–water partition coefficient (Wildman–Crippen LogP) is 6.28. The minimum absolute atomic E-state index is 0.212. The van der Waals surface area contributed by atoms with Crippen molar-refractivity contribution in [2.24, 2.45) is 0 Å². The molecule has 1 aromatic heterocycles. The van der Waals surface area contributed by atoms with Crippen molar-refractivity contribution in [2.75, 3.05) is 12.0 Å². The highest BCUT2D eigenvalue weighted by atomic mass is 35.5. The van der Waals surface area contributed by atoms with Gasteiger partial charge in [-0.1, -0.05) is 23.2 Å². The Kier molecular flexibility index (Phi) is 5.91. The number of halogens is 2. The number of esters is 1. The van der Waals surface area contributed by atoms with Gasteiger partial charge in [-0.15, -0.1) is 0 Å². The number of amides is 2. The minimum Gasteiger partial charge on any atom is -0.465 e. The molecule has 0 saturated carbocycles. The molecule has 0 radical (unpaired) electrons. The summed E-state index contributed by atoms with van der Waals surface area (Å²) in [6.07, 6.45) is 1.50. The van der Waals surface area contributed by atoms with E-state index in [9.17, 15) is 14.4 Å². The number of hydrogen-bond acceptors (Lipinski definition) is 6. The molecule has 2 aromatic carbocycles. The van der Waals surface area contributed by atoms with E-state index in [-0.39, 0.29) is 15.5 Å². The molecule has 0 unspecified atom stereocenters. The lowest BCUT2D eigenvalue weighted by molar-refractivity contribution is -0.113. The number of carbonyl (C=O) groups is 3. The molecule has 2 amide bonds. The number of imide groups is 1. The molecule has 6 nitrogen and oxygen atoms in total. The van der Waals surface area contributed by atoms with Gasteiger partial charge in [0.15, 0.2) is 0 Å². The molecule has 2 heterocycles. The minimum atomic E-state index is -0.561. The zero-order chi connectivity index (χ0) is 22.1. The van der Waals surface area contributed by atoms with Crippen LogP contribution in [0.1, 0.15) is 16.1 Å². The van der Waals surface area contributed by atoms with Gasteiger partial charge in [-0.05, 0) is 66.4 Å². The molecule has 0 atom stereocenters. The Bertz CT molecular complexity index is 1230. The fourth-order valence-corrected chi connectivity index (χ4v) is 4.08. The van der Waals surface area contributed by atoms with E-state index in [0.717, 1.165) is 16.7 Å². The van der Waals surface area contributed by atoms with Gasteiger partial charge in [-0.3, -0.25) is 9.59 Å². The first-order valence-corrected chi connectivity index (χ1v) is 10.5. The molecule has 3 aromatic rings. The summed E-state index contributed by atoms with van der Waals surface area (Å²) >= 11 is 12.7. The monoisotopic (exact) mass is 473 g/mol. The number of furan rings is 1. The van der Waals surface area contributed by atoms with Gasteiger partial charge in [0.05, 0.1) is 28.3 Å². The van der Waals surface area contributed by atoms with E-state index in [1.54, 1.807) is 54.6 Å². The Hall–Kier alpha value is -3.00. The number of benzene rings is 2. The molecule has 1 fully saturated rings. The zero-order valence-corrected chi connectivity index (χ0v) is 18.3. The molecule has 4 rings (SSSR count). The first-order chi connectivity index (χ1) is 14.9. The first-order valence-electron chi connectivity index (χ1n) is 8.89. The summed E-state index contributed by atoms with van der Waals surface area (Å²) in [5.41, 5.74) is 1.26. The van der Waals surface area contributed by atoms with Crippen LogP contribution in [0.4, 0.5) is 10.5 Å². The van der Waals surface area contributed by atoms with Crippen molar-refractivity contribution in [1.29, 1.82) is 0 Å². The highest BCUT2D eigenvalue weighted by Gasteiger charge is 2.36. The number of anilines is 1. The van der Waals surface area contributed by atoms with Crippen LogP contribution in [0, 0.1) is 0 Å². The normalized spacial score (nSPS) is 15.1. The van der Waals surface area contributed by atoms with Crippen LogP contribution in [0.5, 0.6) is 0 Å². The van der Waals surface area contributed by atoms with Crippen molar-refractivity contribution in [2.45, 2.75) is 0 Å². The number of nitrogens with zero attached hydrogens (tertiary/aromatic N) is 1. The van der Waals surface area contributed by atoms with Crippen LogP contribution in [-0.4, -0.2) is 24.2 Å². The van der Waals surface area contributed by atoms with Crippen LogP contribution in [0.15, 0.2) is 63.9 Å². The van der Waals surface area contributed by atoms with Crippen LogP contribution >= 0.6 is 35.0 Å². The zero-order valence-electron chi connectivity index (χ0n) is 15.9. The third-order valence-electron chi connectivity index (χ3n) is 4.43. The maximum atomic E-state index is 12.7. The second-order valence-electron chi connectivity index (χ2n) is 6.38. The van der Waals surface area contributed by atoms with E-state index in [4.69, 9.17) is 32.4 Å². The van der Waals surface area contributed by atoms with Gasteiger partial charge >= 0.3 is 5.97 Å². The predicted molar refractivity (Wildman–Crippen MR) is 120 cm³/mol. The molecule has 1 aliphatic rings. The fourth-order valence-electron chi connectivity index (χ4n) is 2.94. The van der Waals surface area contributed by atoms with Gasteiger partial charge in [0, 0.05) is 16.7 Å². The Labute approximate surface area is 191 Å². The van der Waals surface area contributed by atoms with Gasteiger partial charge in [0.2, 0.25) is 0 Å². The first kappa shape index (κ1) is 21.2. The lowest BCUT2D eigenvalue weighted by Crippen LogP contribution is -2.27. The van der Waals surface area contributed by atoms with Crippen molar-refractivity contribution >= 4 is 63.8 Å². The number of hydrogen-bond donors (Lipinski definition) is 0. The molecule has 31 heavy (non-hydrogen) atoms. The number of carbonyl (C=O) groups excluding carboxylic acids is 3. The van der Waals surface area contributed by atoms with Crippen molar-refractivity contribution in [3.05, 3.63) is 80.9 Å². The van der Waals surface area contributed by atoms with Gasteiger partial charge in [0.1, 0.15) is 11.5 Å². The summed E-state index contributed by atoms with van der Waals surface area (Å²) in [5.74, 6) is -0.166. The van der Waals surface area contributed by atoms with Crippen molar-refractivity contribution in [3.8, 4) is 11.3 Å². The van der Waals surface area contributed by atoms with Gasteiger partial charge in [-0.2, -0.15) is 0 Å². The second-order valence-corrected chi connectivity index (χ2v) is 8.22. The van der Waals surface area contributed by atoms with E-state index in [1.165, 1.54) is 13.2 Å². The van der Waals surface area contributed by atoms with Crippen LogP contribution in [-0.2, 0) is 9.53 Å². The molecule has 156 valence electrons. The average molecular weight is 474 g/mol. The Balaban J connectivity index is 1.60. The third kappa shape index (κ3) is 4.25. The van der Waals surface area contributed by atoms with Gasteiger partial charge < -0.3 is 9.15 Å².